The molecule has 0 spiro atoms. The summed E-state index contributed by atoms with van der Waals surface area (Å²) >= 11 is 0. The molecular weight excluding hydrogens is 190 g/mol. The normalized spacial score (nSPS) is 28.9. The SMILES string of the molecule is CC(NC1CCCC(N)C1)c1ncn[nH]1. The van der Waals surface area contributed by atoms with Crippen LogP contribution in [0.1, 0.15) is 44.5 Å². The van der Waals surface area contributed by atoms with Gasteiger partial charge in [0.15, 0.2) is 0 Å². The highest BCUT2D eigenvalue weighted by Gasteiger charge is 2.21. The minimum Gasteiger partial charge on any atom is -0.328 e. The van der Waals surface area contributed by atoms with Gasteiger partial charge in [-0.2, -0.15) is 5.10 Å². The van der Waals surface area contributed by atoms with E-state index in [4.69, 9.17) is 5.73 Å². The summed E-state index contributed by atoms with van der Waals surface area (Å²) in [5, 5.41) is 10.3. The minimum atomic E-state index is 0.225. The van der Waals surface area contributed by atoms with Crippen molar-refractivity contribution >= 4 is 0 Å². The molecule has 0 amide bonds. The number of hydrogen-bond acceptors (Lipinski definition) is 4. The van der Waals surface area contributed by atoms with Gasteiger partial charge >= 0.3 is 0 Å². The van der Waals surface area contributed by atoms with Gasteiger partial charge in [0.25, 0.3) is 0 Å². The second-order valence-electron chi connectivity index (χ2n) is 4.38. The number of H-pyrrole nitrogens is 1. The van der Waals surface area contributed by atoms with E-state index >= 15 is 0 Å². The molecule has 1 aliphatic rings. The van der Waals surface area contributed by atoms with Gasteiger partial charge in [0.2, 0.25) is 0 Å². The first-order valence-corrected chi connectivity index (χ1v) is 5.62. The van der Waals surface area contributed by atoms with Crippen molar-refractivity contribution in [3.05, 3.63) is 12.2 Å². The van der Waals surface area contributed by atoms with E-state index in [1.165, 1.54) is 12.8 Å². The largest absolute Gasteiger partial charge is 0.328 e. The zero-order valence-corrected chi connectivity index (χ0v) is 9.11. The lowest BCUT2D eigenvalue weighted by atomic mass is 9.91. The molecule has 1 fully saturated rings. The third kappa shape index (κ3) is 2.76. The van der Waals surface area contributed by atoms with Gasteiger partial charge in [0.1, 0.15) is 12.2 Å². The van der Waals surface area contributed by atoms with Crippen molar-refractivity contribution in [3.63, 3.8) is 0 Å². The number of nitrogens with one attached hydrogen (secondary N) is 2. The lowest BCUT2D eigenvalue weighted by Crippen LogP contribution is -2.40. The summed E-state index contributed by atoms with van der Waals surface area (Å²) in [5.41, 5.74) is 5.94. The maximum Gasteiger partial charge on any atom is 0.141 e. The Labute approximate surface area is 89.9 Å². The Morgan fingerprint density at radius 2 is 2.47 bits per heavy atom. The van der Waals surface area contributed by atoms with Gasteiger partial charge in [-0.05, 0) is 26.2 Å². The molecule has 1 saturated carbocycles. The molecule has 1 aromatic rings. The molecule has 1 heterocycles. The second kappa shape index (κ2) is 4.72. The zero-order chi connectivity index (χ0) is 10.7. The molecule has 5 heteroatoms. The summed E-state index contributed by atoms with van der Waals surface area (Å²) in [6, 6.07) is 1.11. The van der Waals surface area contributed by atoms with Gasteiger partial charge in [-0.15, -0.1) is 0 Å². The van der Waals surface area contributed by atoms with Crippen molar-refractivity contribution in [2.45, 2.75) is 50.7 Å². The van der Waals surface area contributed by atoms with Crippen molar-refractivity contribution in [2.24, 2.45) is 5.73 Å². The first-order chi connectivity index (χ1) is 7.25. The van der Waals surface area contributed by atoms with E-state index in [1.807, 2.05) is 0 Å². The van der Waals surface area contributed by atoms with Crippen molar-refractivity contribution in [1.82, 2.24) is 20.5 Å². The van der Waals surface area contributed by atoms with E-state index in [9.17, 15) is 0 Å². The Kier molecular flexibility index (Phi) is 3.33. The zero-order valence-electron chi connectivity index (χ0n) is 9.11. The van der Waals surface area contributed by atoms with Gasteiger partial charge in [-0.25, -0.2) is 4.98 Å². The Morgan fingerprint density at radius 1 is 1.60 bits per heavy atom. The van der Waals surface area contributed by atoms with Crippen LogP contribution < -0.4 is 11.1 Å². The molecule has 1 aliphatic carbocycles. The molecule has 0 radical (unpaired) electrons. The van der Waals surface area contributed by atoms with Crippen LogP contribution in [0, 0.1) is 0 Å². The topological polar surface area (TPSA) is 79.6 Å². The fraction of sp³-hybridized carbons (Fsp3) is 0.800. The van der Waals surface area contributed by atoms with Crippen LogP contribution in [0.4, 0.5) is 0 Å². The van der Waals surface area contributed by atoms with Crippen LogP contribution in [0.2, 0.25) is 0 Å². The lowest BCUT2D eigenvalue weighted by molar-refractivity contribution is 0.315. The standard InChI is InChI=1S/C10H19N5/c1-7(10-12-6-13-15-10)14-9-4-2-3-8(11)5-9/h6-9,14H,2-5,11H2,1H3,(H,12,13,15). The van der Waals surface area contributed by atoms with Gasteiger partial charge < -0.3 is 11.1 Å². The molecule has 4 N–H and O–H groups in total. The Morgan fingerprint density at radius 3 is 3.13 bits per heavy atom. The fourth-order valence-electron chi connectivity index (χ4n) is 2.24. The molecule has 1 aromatic heterocycles. The van der Waals surface area contributed by atoms with Crippen LogP contribution in [-0.4, -0.2) is 27.3 Å². The summed E-state index contributed by atoms with van der Waals surface area (Å²) in [6.45, 7) is 2.10. The molecule has 0 aliphatic heterocycles. The van der Waals surface area contributed by atoms with E-state index in [2.05, 4.69) is 27.4 Å². The number of nitrogens with zero attached hydrogens (tertiary/aromatic N) is 2. The first-order valence-electron chi connectivity index (χ1n) is 5.62. The van der Waals surface area contributed by atoms with Crippen LogP contribution in [0.5, 0.6) is 0 Å². The maximum atomic E-state index is 5.94. The van der Waals surface area contributed by atoms with Gasteiger partial charge in [0, 0.05) is 12.1 Å². The summed E-state index contributed by atoms with van der Waals surface area (Å²) in [7, 11) is 0. The maximum absolute atomic E-state index is 5.94. The van der Waals surface area contributed by atoms with E-state index < -0.39 is 0 Å². The molecule has 3 atom stereocenters. The van der Waals surface area contributed by atoms with E-state index in [0.717, 1.165) is 18.7 Å². The summed E-state index contributed by atoms with van der Waals surface area (Å²) < 4.78 is 0. The number of nitrogens with two attached hydrogens (primary N) is 1. The van der Waals surface area contributed by atoms with Gasteiger partial charge in [0.05, 0.1) is 6.04 Å². The average Bonchev–Trinajstić information content (AvgIpc) is 2.70. The van der Waals surface area contributed by atoms with Crippen LogP contribution >= 0.6 is 0 Å². The molecule has 0 aromatic carbocycles. The third-order valence-electron chi connectivity index (χ3n) is 3.04. The fourth-order valence-corrected chi connectivity index (χ4v) is 2.24. The first kappa shape index (κ1) is 10.6. The van der Waals surface area contributed by atoms with Gasteiger partial charge in [-0.3, -0.25) is 5.10 Å². The molecular formula is C10H19N5. The molecule has 3 unspecified atom stereocenters. The molecule has 5 nitrogen and oxygen atoms in total. The van der Waals surface area contributed by atoms with Gasteiger partial charge in [-0.1, -0.05) is 6.42 Å². The molecule has 0 saturated heterocycles. The van der Waals surface area contributed by atoms with Crippen molar-refractivity contribution in [1.29, 1.82) is 0 Å². The Hall–Kier alpha value is -0.940. The summed E-state index contributed by atoms with van der Waals surface area (Å²) in [4.78, 5) is 4.14. The quantitative estimate of drug-likeness (QED) is 0.685. The average molecular weight is 209 g/mol. The van der Waals surface area contributed by atoms with Crippen LogP contribution in [0.15, 0.2) is 6.33 Å². The number of hydrogen-bond donors (Lipinski definition) is 3. The summed E-state index contributed by atoms with van der Waals surface area (Å²) in [5.74, 6) is 0.897. The van der Waals surface area contributed by atoms with E-state index in [-0.39, 0.29) is 6.04 Å². The molecule has 2 rings (SSSR count). The Bertz CT molecular complexity index is 284. The lowest BCUT2D eigenvalue weighted by Gasteiger charge is -2.29. The highest BCUT2D eigenvalue weighted by Crippen LogP contribution is 2.19. The van der Waals surface area contributed by atoms with Crippen LogP contribution in [0.3, 0.4) is 0 Å². The Balaban J connectivity index is 1.86. The number of rotatable bonds is 3. The van der Waals surface area contributed by atoms with E-state index in [1.54, 1.807) is 6.33 Å². The monoisotopic (exact) mass is 209 g/mol. The van der Waals surface area contributed by atoms with Crippen molar-refractivity contribution < 1.29 is 0 Å². The predicted molar refractivity (Wildman–Crippen MR) is 58.2 cm³/mol. The minimum absolute atomic E-state index is 0.225. The summed E-state index contributed by atoms with van der Waals surface area (Å²) in [6.07, 6.45) is 6.21. The smallest absolute Gasteiger partial charge is 0.141 e. The molecule has 84 valence electrons. The predicted octanol–water partition coefficient (Wildman–Crippen LogP) is 0.725. The van der Waals surface area contributed by atoms with E-state index in [0.29, 0.717) is 12.1 Å². The van der Waals surface area contributed by atoms with Crippen LogP contribution in [0.25, 0.3) is 0 Å². The molecule has 0 bridgehead atoms. The highest BCUT2D eigenvalue weighted by atomic mass is 15.2. The second-order valence-corrected chi connectivity index (χ2v) is 4.38. The number of aromatic amines is 1. The number of aromatic nitrogens is 3. The van der Waals surface area contributed by atoms with Crippen molar-refractivity contribution in [3.8, 4) is 0 Å². The van der Waals surface area contributed by atoms with Crippen LogP contribution in [-0.2, 0) is 0 Å². The van der Waals surface area contributed by atoms with Crippen molar-refractivity contribution in [2.75, 3.05) is 0 Å². The highest BCUT2D eigenvalue weighted by molar-refractivity contribution is 4.91. The third-order valence-corrected chi connectivity index (χ3v) is 3.04. The molecule has 15 heavy (non-hydrogen) atoms.